The number of carbonyl (C=O) groups is 2. The molecule has 1 aliphatic heterocycles. The second-order valence-electron chi connectivity index (χ2n) is 4.31. The first-order chi connectivity index (χ1) is 8.57. The zero-order chi connectivity index (χ0) is 13.3. The Bertz CT molecular complexity index is 487. The van der Waals surface area contributed by atoms with Gasteiger partial charge in [0.15, 0.2) is 0 Å². The molecule has 4 heteroatoms. The Kier molecular flexibility index (Phi) is 3.19. The minimum atomic E-state index is -0.987. The van der Waals surface area contributed by atoms with Gasteiger partial charge in [-0.3, -0.25) is 9.69 Å². The van der Waals surface area contributed by atoms with Crippen LogP contribution in [0.25, 0.3) is 5.70 Å². The summed E-state index contributed by atoms with van der Waals surface area (Å²) >= 11 is 0. The molecule has 18 heavy (non-hydrogen) atoms. The Balaban J connectivity index is 2.41. The van der Waals surface area contributed by atoms with Crippen molar-refractivity contribution in [1.82, 2.24) is 4.90 Å². The van der Waals surface area contributed by atoms with Gasteiger partial charge in [0.1, 0.15) is 6.04 Å². The zero-order valence-corrected chi connectivity index (χ0v) is 10.2. The van der Waals surface area contributed by atoms with Crippen molar-refractivity contribution in [3.63, 3.8) is 0 Å². The zero-order valence-electron chi connectivity index (χ0n) is 10.2. The van der Waals surface area contributed by atoms with Crippen molar-refractivity contribution < 1.29 is 14.7 Å². The van der Waals surface area contributed by atoms with Crippen molar-refractivity contribution in [3.05, 3.63) is 42.0 Å². The molecule has 1 heterocycles. The summed E-state index contributed by atoms with van der Waals surface area (Å²) in [4.78, 5) is 24.8. The van der Waals surface area contributed by atoms with E-state index in [0.29, 0.717) is 24.1 Å². The minimum Gasteiger partial charge on any atom is -0.480 e. The van der Waals surface area contributed by atoms with Crippen LogP contribution in [0.4, 0.5) is 0 Å². The molecular weight excluding hydrogens is 230 g/mol. The molecule has 1 aromatic rings. The molecule has 1 atom stereocenters. The molecule has 1 unspecified atom stereocenters. The summed E-state index contributed by atoms with van der Waals surface area (Å²) in [6.07, 6.45) is 1.12. The Morgan fingerprint density at radius 2 is 2.00 bits per heavy atom. The number of amides is 1. The molecule has 94 valence electrons. The maximum absolute atomic E-state index is 12.2. The molecule has 4 nitrogen and oxygen atoms in total. The van der Waals surface area contributed by atoms with Gasteiger partial charge in [0.25, 0.3) is 5.91 Å². The summed E-state index contributed by atoms with van der Waals surface area (Å²) in [5.41, 5.74) is 1.74. The molecule has 1 aliphatic rings. The predicted octanol–water partition coefficient (Wildman–Crippen LogP) is 2.37. The van der Waals surface area contributed by atoms with Gasteiger partial charge in [-0.15, -0.1) is 0 Å². The predicted molar refractivity (Wildman–Crippen MR) is 68.0 cm³/mol. The van der Waals surface area contributed by atoms with Crippen LogP contribution in [0, 0.1) is 0 Å². The van der Waals surface area contributed by atoms with Crippen LogP contribution >= 0.6 is 0 Å². The molecule has 0 spiro atoms. The first-order valence-electron chi connectivity index (χ1n) is 5.92. The van der Waals surface area contributed by atoms with Crippen LogP contribution < -0.4 is 0 Å². The smallest absolute Gasteiger partial charge is 0.326 e. The molecule has 0 radical (unpaired) electrons. The van der Waals surface area contributed by atoms with Gasteiger partial charge < -0.3 is 5.11 Å². The van der Waals surface area contributed by atoms with E-state index in [1.165, 1.54) is 4.90 Å². The fraction of sp³-hybridized carbons (Fsp3) is 0.286. The standard InChI is InChI=1S/C14H15NO3/c1-3-6-12(14(17)18)15-9(2)10-7-4-5-8-11(10)13(15)16/h4-5,7-8,12H,2-3,6H2,1H3,(H,17,18). The van der Waals surface area contributed by atoms with E-state index in [4.69, 9.17) is 0 Å². The Morgan fingerprint density at radius 3 is 2.50 bits per heavy atom. The average molecular weight is 245 g/mol. The molecule has 0 aromatic heterocycles. The lowest BCUT2D eigenvalue weighted by molar-refractivity contribution is -0.141. The van der Waals surface area contributed by atoms with E-state index in [-0.39, 0.29) is 5.91 Å². The summed E-state index contributed by atoms with van der Waals surface area (Å²) in [6.45, 7) is 5.75. The van der Waals surface area contributed by atoms with Gasteiger partial charge in [-0.25, -0.2) is 4.79 Å². The number of carboxylic acids is 1. The number of fused-ring (bicyclic) bond motifs is 1. The molecule has 1 amide bonds. The second-order valence-corrected chi connectivity index (χ2v) is 4.31. The van der Waals surface area contributed by atoms with Crippen molar-refractivity contribution in [1.29, 1.82) is 0 Å². The SMILES string of the molecule is C=C1c2ccccc2C(=O)N1C(CCC)C(=O)O. The third kappa shape index (κ3) is 1.79. The first-order valence-corrected chi connectivity index (χ1v) is 5.92. The summed E-state index contributed by atoms with van der Waals surface area (Å²) < 4.78 is 0. The normalized spacial score (nSPS) is 15.7. The highest BCUT2D eigenvalue weighted by Crippen LogP contribution is 2.33. The molecule has 2 rings (SSSR count). The molecular formula is C14H15NO3. The maximum Gasteiger partial charge on any atom is 0.326 e. The number of benzene rings is 1. The Labute approximate surface area is 106 Å². The molecule has 0 bridgehead atoms. The van der Waals surface area contributed by atoms with Gasteiger partial charge in [-0.05, 0) is 12.5 Å². The quantitative estimate of drug-likeness (QED) is 0.885. The topological polar surface area (TPSA) is 57.6 Å². The number of carboxylic acid groups (broad SMARTS) is 1. The number of nitrogens with zero attached hydrogens (tertiary/aromatic N) is 1. The van der Waals surface area contributed by atoms with Crippen LogP contribution in [0.15, 0.2) is 30.8 Å². The van der Waals surface area contributed by atoms with E-state index in [0.717, 1.165) is 5.56 Å². The van der Waals surface area contributed by atoms with Crippen molar-refractivity contribution in [2.45, 2.75) is 25.8 Å². The molecule has 1 N–H and O–H groups in total. The molecule has 1 aromatic carbocycles. The highest BCUT2D eigenvalue weighted by molar-refractivity contribution is 6.10. The third-order valence-corrected chi connectivity index (χ3v) is 3.14. The highest BCUT2D eigenvalue weighted by Gasteiger charge is 2.38. The molecule has 0 fully saturated rings. The number of carbonyl (C=O) groups excluding carboxylic acids is 1. The maximum atomic E-state index is 12.2. The summed E-state index contributed by atoms with van der Waals surface area (Å²) in [6, 6.07) is 6.25. The lowest BCUT2D eigenvalue weighted by atomic mass is 10.1. The lowest BCUT2D eigenvalue weighted by Gasteiger charge is -2.24. The minimum absolute atomic E-state index is 0.267. The van der Waals surface area contributed by atoms with Gasteiger partial charge in [-0.2, -0.15) is 0 Å². The van der Waals surface area contributed by atoms with Gasteiger partial charge in [0.2, 0.25) is 0 Å². The number of aliphatic carboxylic acids is 1. The van der Waals surface area contributed by atoms with Crippen LogP contribution in [-0.4, -0.2) is 27.9 Å². The summed E-state index contributed by atoms with van der Waals surface area (Å²) in [7, 11) is 0. The van der Waals surface area contributed by atoms with E-state index < -0.39 is 12.0 Å². The number of hydrogen-bond acceptors (Lipinski definition) is 2. The van der Waals surface area contributed by atoms with E-state index >= 15 is 0 Å². The lowest BCUT2D eigenvalue weighted by Crippen LogP contribution is -2.40. The molecule has 0 saturated heterocycles. The summed E-state index contributed by atoms with van der Waals surface area (Å²) in [5, 5.41) is 9.24. The fourth-order valence-electron chi connectivity index (χ4n) is 2.27. The number of hydrogen-bond donors (Lipinski definition) is 1. The first kappa shape index (κ1) is 12.4. The van der Waals surface area contributed by atoms with Gasteiger partial charge in [0, 0.05) is 16.8 Å². The van der Waals surface area contributed by atoms with E-state index in [9.17, 15) is 14.7 Å². The van der Waals surface area contributed by atoms with Crippen molar-refractivity contribution in [2.75, 3.05) is 0 Å². The van der Waals surface area contributed by atoms with Crippen molar-refractivity contribution in [3.8, 4) is 0 Å². The molecule has 0 aliphatic carbocycles. The second kappa shape index (κ2) is 4.64. The largest absolute Gasteiger partial charge is 0.480 e. The van der Waals surface area contributed by atoms with Crippen LogP contribution in [-0.2, 0) is 4.79 Å². The van der Waals surface area contributed by atoms with Gasteiger partial charge in [-0.1, -0.05) is 38.1 Å². The number of rotatable bonds is 4. The van der Waals surface area contributed by atoms with Gasteiger partial charge >= 0.3 is 5.97 Å². The van der Waals surface area contributed by atoms with E-state index in [2.05, 4.69) is 6.58 Å². The van der Waals surface area contributed by atoms with E-state index in [1.54, 1.807) is 18.2 Å². The van der Waals surface area contributed by atoms with E-state index in [1.807, 2.05) is 13.0 Å². The van der Waals surface area contributed by atoms with Crippen LogP contribution in [0.3, 0.4) is 0 Å². The van der Waals surface area contributed by atoms with Crippen LogP contribution in [0.1, 0.15) is 35.7 Å². The van der Waals surface area contributed by atoms with Gasteiger partial charge in [0.05, 0.1) is 0 Å². The van der Waals surface area contributed by atoms with Crippen LogP contribution in [0.2, 0.25) is 0 Å². The Morgan fingerprint density at radius 1 is 1.39 bits per heavy atom. The molecule has 0 saturated carbocycles. The highest BCUT2D eigenvalue weighted by atomic mass is 16.4. The monoisotopic (exact) mass is 245 g/mol. The Hall–Kier alpha value is -2.10. The third-order valence-electron chi connectivity index (χ3n) is 3.14. The fourth-order valence-corrected chi connectivity index (χ4v) is 2.27. The van der Waals surface area contributed by atoms with Crippen LogP contribution in [0.5, 0.6) is 0 Å². The van der Waals surface area contributed by atoms with Crippen molar-refractivity contribution >= 4 is 17.6 Å². The summed E-state index contributed by atoms with van der Waals surface area (Å²) in [5.74, 6) is -1.25. The van der Waals surface area contributed by atoms with Crippen molar-refractivity contribution in [2.24, 2.45) is 0 Å². The average Bonchev–Trinajstić information content (AvgIpc) is 2.60.